The van der Waals surface area contributed by atoms with Gasteiger partial charge in [0.05, 0.1) is 18.2 Å². The lowest BCUT2D eigenvalue weighted by Gasteiger charge is -2.48. The van der Waals surface area contributed by atoms with Gasteiger partial charge < -0.3 is 10.5 Å². The van der Waals surface area contributed by atoms with Crippen LogP contribution in [-0.2, 0) is 10.2 Å². The van der Waals surface area contributed by atoms with E-state index in [-0.39, 0.29) is 21.7 Å². The highest BCUT2D eigenvalue weighted by atomic mass is 35.5. The molecule has 2 N–H and O–H groups in total. The normalized spacial score (nSPS) is 24.2. The third kappa shape index (κ3) is 1.46. The molecule has 0 radical (unpaired) electrons. The van der Waals surface area contributed by atoms with Gasteiger partial charge >= 0.3 is 0 Å². The molecule has 0 unspecified atom stereocenters. The Hall–Kier alpha value is -0.640. The molecule has 4 heteroatoms. The van der Waals surface area contributed by atoms with Crippen LogP contribution in [0.1, 0.15) is 18.4 Å². The van der Waals surface area contributed by atoms with Crippen molar-refractivity contribution < 1.29 is 9.13 Å². The molecule has 2 nitrogen and oxygen atoms in total. The molecular formula is C13H15ClFNO. The zero-order valence-electron chi connectivity index (χ0n) is 9.51. The van der Waals surface area contributed by atoms with E-state index in [9.17, 15) is 4.39 Å². The number of nitrogens with two attached hydrogens (primary N) is 1. The molecule has 1 saturated carbocycles. The van der Waals surface area contributed by atoms with Gasteiger partial charge in [0.1, 0.15) is 5.82 Å². The van der Waals surface area contributed by atoms with Crippen LogP contribution in [0.25, 0.3) is 0 Å². The standard InChI is InChI=1S/C13H15ClFNO/c14-10-5-9(1-2-11(10)15)13(7-17-8-13)12(6-16)3-4-12/h1-2,5H,3-4,6-8,16H2. The second-order valence-corrected chi connectivity index (χ2v) is 5.60. The van der Waals surface area contributed by atoms with Crippen molar-refractivity contribution in [3.05, 3.63) is 34.6 Å². The van der Waals surface area contributed by atoms with Crippen LogP contribution >= 0.6 is 11.6 Å². The van der Waals surface area contributed by atoms with E-state index in [1.165, 1.54) is 6.07 Å². The monoisotopic (exact) mass is 255 g/mol. The summed E-state index contributed by atoms with van der Waals surface area (Å²) in [7, 11) is 0. The van der Waals surface area contributed by atoms with Gasteiger partial charge in [0.25, 0.3) is 0 Å². The van der Waals surface area contributed by atoms with Gasteiger partial charge in [-0.3, -0.25) is 0 Å². The minimum absolute atomic E-state index is 0.0426. The molecule has 0 spiro atoms. The third-order valence-electron chi connectivity index (χ3n) is 4.43. The second-order valence-electron chi connectivity index (χ2n) is 5.19. The topological polar surface area (TPSA) is 35.2 Å². The van der Waals surface area contributed by atoms with E-state index >= 15 is 0 Å². The highest BCUT2D eigenvalue weighted by Crippen LogP contribution is 2.61. The molecule has 1 aromatic carbocycles. The van der Waals surface area contributed by atoms with Gasteiger partial charge in [-0.1, -0.05) is 17.7 Å². The van der Waals surface area contributed by atoms with Crippen LogP contribution in [0.15, 0.2) is 18.2 Å². The van der Waals surface area contributed by atoms with E-state index in [0.717, 1.165) is 18.4 Å². The number of ether oxygens (including phenoxy) is 1. The average Bonchev–Trinajstić information content (AvgIpc) is 3.03. The fourth-order valence-corrected chi connectivity index (χ4v) is 3.09. The summed E-state index contributed by atoms with van der Waals surface area (Å²) in [5.41, 5.74) is 7.08. The summed E-state index contributed by atoms with van der Waals surface area (Å²) >= 11 is 5.87. The van der Waals surface area contributed by atoms with Crippen molar-refractivity contribution in [2.75, 3.05) is 19.8 Å². The maximum Gasteiger partial charge on any atom is 0.141 e. The molecule has 2 aliphatic rings. The first kappa shape index (κ1) is 11.5. The quantitative estimate of drug-likeness (QED) is 0.901. The van der Waals surface area contributed by atoms with Crippen LogP contribution in [0.3, 0.4) is 0 Å². The average molecular weight is 256 g/mol. The minimum atomic E-state index is -0.372. The zero-order valence-corrected chi connectivity index (χ0v) is 10.3. The molecule has 1 aliphatic heterocycles. The van der Waals surface area contributed by atoms with Gasteiger partial charge in [0.15, 0.2) is 0 Å². The SMILES string of the molecule is NCC1(C2(c3ccc(F)c(Cl)c3)COC2)CC1. The summed E-state index contributed by atoms with van der Waals surface area (Å²) in [5, 5.41) is 0.182. The summed E-state index contributed by atoms with van der Waals surface area (Å²) in [5.74, 6) is -0.372. The molecule has 1 aliphatic carbocycles. The van der Waals surface area contributed by atoms with Crippen molar-refractivity contribution in [2.24, 2.45) is 11.1 Å². The van der Waals surface area contributed by atoms with E-state index in [0.29, 0.717) is 19.8 Å². The zero-order chi connectivity index (χ0) is 12.1. The number of hydrogen-bond donors (Lipinski definition) is 1. The molecule has 0 atom stereocenters. The van der Waals surface area contributed by atoms with Crippen LogP contribution in [0.5, 0.6) is 0 Å². The Kier molecular flexibility index (Phi) is 2.47. The van der Waals surface area contributed by atoms with E-state index in [1.807, 2.05) is 6.07 Å². The lowest BCUT2D eigenvalue weighted by atomic mass is 9.66. The van der Waals surface area contributed by atoms with Gasteiger partial charge in [-0.25, -0.2) is 4.39 Å². The van der Waals surface area contributed by atoms with E-state index in [4.69, 9.17) is 22.1 Å². The molecule has 1 aromatic rings. The first-order valence-corrected chi connectivity index (χ1v) is 6.25. The molecular weight excluding hydrogens is 241 g/mol. The first-order chi connectivity index (χ1) is 8.13. The molecule has 0 amide bonds. The number of halogens is 2. The Morgan fingerprint density at radius 3 is 2.47 bits per heavy atom. The molecule has 2 fully saturated rings. The molecule has 17 heavy (non-hydrogen) atoms. The lowest BCUT2D eigenvalue weighted by Crippen LogP contribution is -2.56. The maximum absolute atomic E-state index is 13.2. The lowest BCUT2D eigenvalue weighted by molar-refractivity contribution is -0.0973. The molecule has 92 valence electrons. The second kappa shape index (κ2) is 3.67. The van der Waals surface area contributed by atoms with Crippen molar-refractivity contribution in [1.29, 1.82) is 0 Å². The van der Waals surface area contributed by atoms with Crippen LogP contribution in [0, 0.1) is 11.2 Å². The Bertz CT molecular complexity index is 455. The maximum atomic E-state index is 13.2. The van der Waals surface area contributed by atoms with Crippen molar-refractivity contribution in [1.82, 2.24) is 0 Å². The van der Waals surface area contributed by atoms with E-state index in [1.54, 1.807) is 6.07 Å². The van der Waals surface area contributed by atoms with Crippen LogP contribution in [0.4, 0.5) is 4.39 Å². The fraction of sp³-hybridized carbons (Fsp3) is 0.538. The highest BCUT2D eigenvalue weighted by Gasteiger charge is 2.62. The largest absolute Gasteiger partial charge is 0.379 e. The van der Waals surface area contributed by atoms with Crippen LogP contribution < -0.4 is 5.73 Å². The first-order valence-electron chi connectivity index (χ1n) is 5.87. The van der Waals surface area contributed by atoms with E-state index < -0.39 is 0 Å². The minimum Gasteiger partial charge on any atom is -0.379 e. The van der Waals surface area contributed by atoms with Crippen LogP contribution in [-0.4, -0.2) is 19.8 Å². The Labute approximate surface area is 105 Å². The van der Waals surface area contributed by atoms with Crippen molar-refractivity contribution in [3.63, 3.8) is 0 Å². The Morgan fingerprint density at radius 2 is 2.06 bits per heavy atom. The Balaban J connectivity index is 2.03. The molecule has 0 bridgehead atoms. The molecule has 1 saturated heterocycles. The van der Waals surface area contributed by atoms with Crippen molar-refractivity contribution >= 4 is 11.6 Å². The Morgan fingerprint density at radius 1 is 1.35 bits per heavy atom. The molecule has 0 aromatic heterocycles. The van der Waals surface area contributed by atoms with Crippen molar-refractivity contribution in [2.45, 2.75) is 18.3 Å². The summed E-state index contributed by atoms with van der Waals surface area (Å²) < 4.78 is 18.6. The predicted octanol–water partition coefficient (Wildman–Crippen LogP) is 2.49. The van der Waals surface area contributed by atoms with E-state index in [2.05, 4.69) is 0 Å². The van der Waals surface area contributed by atoms with Gasteiger partial charge in [0, 0.05) is 5.41 Å². The molecule has 3 rings (SSSR count). The van der Waals surface area contributed by atoms with Gasteiger partial charge in [-0.05, 0) is 42.5 Å². The predicted molar refractivity (Wildman–Crippen MR) is 64.6 cm³/mol. The third-order valence-corrected chi connectivity index (χ3v) is 4.72. The fourth-order valence-electron chi connectivity index (χ4n) is 2.91. The molecule has 1 heterocycles. The highest BCUT2D eigenvalue weighted by molar-refractivity contribution is 6.30. The van der Waals surface area contributed by atoms with Crippen molar-refractivity contribution in [3.8, 4) is 0 Å². The smallest absolute Gasteiger partial charge is 0.141 e. The van der Waals surface area contributed by atoms with Gasteiger partial charge in [-0.15, -0.1) is 0 Å². The summed E-state index contributed by atoms with van der Waals surface area (Å²) in [6, 6.07) is 4.99. The number of rotatable bonds is 3. The summed E-state index contributed by atoms with van der Waals surface area (Å²) in [6.45, 7) is 2.00. The summed E-state index contributed by atoms with van der Waals surface area (Å²) in [4.78, 5) is 0. The summed E-state index contributed by atoms with van der Waals surface area (Å²) in [6.07, 6.45) is 2.25. The number of hydrogen-bond acceptors (Lipinski definition) is 2. The van der Waals surface area contributed by atoms with Crippen LogP contribution in [0.2, 0.25) is 5.02 Å². The van der Waals surface area contributed by atoms with Gasteiger partial charge in [-0.2, -0.15) is 0 Å². The van der Waals surface area contributed by atoms with Gasteiger partial charge in [0.2, 0.25) is 0 Å². The number of benzene rings is 1.